The van der Waals surface area contributed by atoms with Crippen LogP contribution in [0.1, 0.15) is 15.9 Å². The molecule has 0 amide bonds. The molecule has 5 heteroatoms. The van der Waals surface area contributed by atoms with Gasteiger partial charge < -0.3 is 14.6 Å². The monoisotopic (exact) mass is 357 g/mol. The van der Waals surface area contributed by atoms with Crippen LogP contribution in [0.3, 0.4) is 0 Å². The number of aromatic amines is 1. The first kappa shape index (κ1) is 17.1. The van der Waals surface area contributed by atoms with E-state index in [1.165, 1.54) is 0 Å². The standard InChI is InChI=1S/C22H19N3O2/c23-14-17(22(26)20-15-24-21-4-2-1-3-19(20)21)13-16-5-7-18(8-6-16)25-9-11-27-12-10-25/h1-8,13,15,24H,9-12H2/b17-13-. The minimum absolute atomic E-state index is 0.124. The highest BCUT2D eigenvalue weighted by atomic mass is 16.5. The van der Waals surface area contributed by atoms with Gasteiger partial charge in [0.05, 0.1) is 13.2 Å². The van der Waals surface area contributed by atoms with Crippen LogP contribution in [-0.2, 0) is 4.74 Å². The van der Waals surface area contributed by atoms with Crippen LogP contribution in [0.2, 0.25) is 0 Å². The van der Waals surface area contributed by atoms with E-state index in [9.17, 15) is 10.1 Å². The van der Waals surface area contributed by atoms with Gasteiger partial charge in [-0.05, 0) is 29.8 Å². The number of fused-ring (bicyclic) bond motifs is 1. The SMILES string of the molecule is N#C/C(=C/c1ccc(N2CCOCC2)cc1)C(=O)c1c[nH]c2ccccc12. The zero-order chi connectivity index (χ0) is 18.6. The van der Waals surface area contributed by atoms with Gasteiger partial charge in [-0.1, -0.05) is 30.3 Å². The van der Waals surface area contributed by atoms with Gasteiger partial charge in [0.2, 0.25) is 5.78 Å². The lowest BCUT2D eigenvalue weighted by molar-refractivity contribution is 0.104. The van der Waals surface area contributed by atoms with Crippen LogP contribution >= 0.6 is 0 Å². The predicted molar refractivity (Wildman–Crippen MR) is 106 cm³/mol. The third-order valence-corrected chi connectivity index (χ3v) is 4.78. The molecule has 1 saturated heterocycles. The average Bonchev–Trinajstić information content (AvgIpc) is 3.17. The fourth-order valence-electron chi connectivity index (χ4n) is 3.32. The van der Waals surface area contributed by atoms with E-state index in [0.29, 0.717) is 5.56 Å². The van der Waals surface area contributed by atoms with Crippen molar-refractivity contribution in [2.24, 2.45) is 0 Å². The van der Waals surface area contributed by atoms with E-state index < -0.39 is 0 Å². The van der Waals surface area contributed by atoms with Crippen LogP contribution in [0.25, 0.3) is 17.0 Å². The van der Waals surface area contributed by atoms with Crippen LogP contribution in [0.15, 0.2) is 60.3 Å². The largest absolute Gasteiger partial charge is 0.378 e. The highest BCUT2D eigenvalue weighted by Gasteiger charge is 2.16. The average molecular weight is 357 g/mol. The highest BCUT2D eigenvalue weighted by molar-refractivity contribution is 6.19. The highest BCUT2D eigenvalue weighted by Crippen LogP contribution is 2.23. The van der Waals surface area contributed by atoms with Gasteiger partial charge in [-0.3, -0.25) is 4.79 Å². The number of nitriles is 1. The van der Waals surface area contributed by atoms with Crippen molar-refractivity contribution in [3.05, 3.63) is 71.4 Å². The van der Waals surface area contributed by atoms with Crippen LogP contribution in [0.4, 0.5) is 5.69 Å². The molecule has 0 unspecified atom stereocenters. The van der Waals surface area contributed by atoms with Crippen LogP contribution < -0.4 is 4.90 Å². The van der Waals surface area contributed by atoms with Gasteiger partial charge in [0.1, 0.15) is 11.6 Å². The molecule has 1 aliphatic rings. The zero-order valence-corrected chi connectivity index (χ0v) is 14.8. The van der Waals surface area contributed by atoms with Crippen molar-refractivity contribution in [3.8, 4) is 6.07 Å². The molecule has 0 radical (unpaired) electrons. The number of ether oxygens (including phenoxy) is 1. The van der Waals surface area contributed by atoms with E-state index in [1.54, 1.807) is 12.3 Å². The number of nitrogens with zero attached hydrogens (tertiary/aromatic N) is 2. The normalized spacial score (nSPS) is 14.9. The van der Waals surface area contributed by atoms with E-state index >= 15 is 0 Å². The number of carbonyl (C=O) groups excluding carboxylic acids is 1. The van der Waals surface area contributed by atoms with E-state index in [0.717, 1.165) is 48.5 Å². The summed E-state index contributed by atoms with van der Waals surface area (Å²) < 4.78 is 5.38. The Kier molecular flexibility index (Phi) is 4.73. The van der Waals surface area contributed by atoms with Crippen molar-refractivity contribution >= 4 is 28.4 Å². The predicted octanol–water partition coefficient (Wildman–Crippen LogP) is 3.79. The summed E-state index contributed by atoms with van der Waals surface area (Å²) in [7, 11) is 0. The number of nitrogens with one attached hydrogen (secondary N) is 1. The molecule has 0 aliphatic carbocycles. The summed E-state index contributed by atoms with van der Waals surface area (Å²) in [6, 6.07) is 17.5. The number of rotatable bonds is 4. The molecular weight excluding hydrogens is 338 g/mol. The van der Waals surface area contributed by atoms with Crippen LogP contribution in [-0.4, -0.2) is 37.1 Å². The minimum Gasteiger partial charge on any atom is -0.378 e. The lowest BCUT2D eigenvalue weighted by Gasteiger charge is -2.28. The number of Topliss-reactive ketones (excluding diaryl/α,β-unsaturated/α-hetero) is 1. The Hall–Kier alpha value is -3.36. The van der Waals surface area contributed by atoms with Crippen molar-refractivity contribution in [2.75, 3.05) is 31.2 Å². The minimum atomic E-state index is -0.271. The van der Waals surface area contributed by atoms with Gasteiger partial charge in [0.25, 0.3) is 0 Å². The van der Waals surface area contributed by atoms with Gasteiger partial charge in [-0.2, -0.15) is 5.26 Å². The molecule has 2 aromatic carbocycles. The number of morpholine rings is 1. The van der Waals surface area contributed by atoms with Crippen molar-refractivity contribution in [1.29, 1.82) is 5.26 Å². The molecule has 0 bridgehead atoms. The molecule has 1 aliphatic heterocycles. The van der Waals surface area contributed by atoms with Gasteiger partial charge in [-0.15, -0.1) is 0 Å². The smallest absolute Gasteiger partial charge is 0.205 e. The third-order valence-electron chi connectivity index (χ3n) is 4.78. The zero-order valence-electron chi connectivity index (χ0n) is 14.8. The molecule has 27 heavy (non-hydrogen) atoms. The molecule has 1 aromatic heterocycles. The first-order valence-electron chi connectivity index (χ1n) is 8.91. The van der Waals surface area contributed by atoms with E-state index in [1.807, 2.05) is 48.5 Å². The summed E-state index contributed by atoms with van der Waals surface area (Å²) >= 11 is 0. The lowest BCUT2D eigenvalue weighted by atomic mass is 10.0. The van der Waals surface area contributed by atoms with Crippen molar-refractivity contribution in [3.63, 3.8) is 0 Å². The molecule has 0 saturated carbocycles. The molecule has 3 aromatic rings. The molecule has 1 N–H and O–H groups in total. The summed E-state index contributed by atoms with van der Waals surface area (Å²) in [5, 5.41) is 10.3. The molecule has 2 heterocycles. The number of allylic oxidation sites excluding steroid dienone is 1. The summed E-state index contributed by atoms with van der Waals surface area (Å²) in [4.78, 5) is 18.2. The Morgan fingerprint density at radius 1 is 1.11 bits per heavy atom. The fraction of sp³-hybridized carbons (Fsp3) is 0.182. The number of para-hydroxylation sites is 1. The lowest BCUT2D eigenvalue weighted by Crippen LogP contribution is -2.36. The second-order valence-electron chi connectivity index (χ2n) is 6.44. The van der Waals surface area contributed by atoms with Gasteiger partial charge in [0.15, 0.2) is 0 Å². The topological polar surface area (TPSA) is 69.1 Å². The maximum Gasteiger partial charge on any atom is 0.205 e. The van der Waals surface area contributed by atoms with Gasteiger partial charge >= 0.3 is 0 Å². The Morgan fingerprint density at radius 3 is 2.59 bits per heavy atom. The summed E-state index contributed by atoms with van der Waals surface area (Å²) in [5.41, 5.74) is 3.48. The van der Waals surface area contributed by atoms with Crippen LogP contribution in [0, 0.1) is 11.3 Å². The van der Waals surface area contributed by atoms with Crippen LogP contribution in [0.5, 0.6) is 0 Å². The molecule has 4 rings (SSSR count). The Morgan fingerprint density at radius 2 is 1.85 bits per heavy atom. The van der Waals surface area contributed by atoms with Crippen molar-refractivity contribution in [1.82, 2.24) is 4.98 Å². The molecular formula is C22H19N3O2. The summed E-state index contributed by atoms with van der Waals surface area (Å²) in [6.07, 6.45) is 3.31. The number of hydrogen-bond donors (Lipinski definition) is 1. The Balaban J connectivity index is 1.59. The molecule has 0 spiro atoms. The number of H-pyrrole nitrogens is 1. The first-order chi connectivity index (χ1) is 13.3. The van der Waals surface area contributed by atoms with Crippen molar-refractivity contribution < 1.29 is 9.53 Å². The summed E-state index contributed by atoms with van der Waals surface area (Å²) in [6.45, 7) is 3.22. The quantitative estimate of drug-likeness (QED) is 0.438. The maximum absolute atomic E-state index is 12.8. The number of aromatic nitrogens is 1. The third kappa shape index (κ3) is 3.48. The number of anilines is 1. The molecule has 1 fully saturated rings. The van der Waals surface area contributed by atoms with E-state index in [2.05, 4.69) is 16.0 Å². The van der Waals surface area contributed by atoms with E-state index in [-0.39, 0.29) is 11.4 Å². The maximum atomic E-state index is 12.8. The second kappa shape index (κ2) is 7.48. The number of ketones is 1. The summed E-state index contributed by atoms with van der Waals surface area (Å²) in [5.74, 6) is -0.271. The number of hydrogen-bond acceptors (Lipinski definition) is 4. The van der Waals surface area contributed by atoms with Gasteiger partial charge in [-0.25, -0.2) is 0 Å². The first-order valence-corrected chi connectivity index (χ1v) is 8.91. The van der Waals surface area contributed by atoms with E-state index in [4.69, 9.17) is 4.74 Å². The molecule has 0 atom stereocenters. The molecule has 5 nitrogen and oxygen atoms in total. The fourth-order valence-corrected chi connectivity index (χ4v) is 3.32. The number of benzene rings is 2. The van der Waals surface area contributed by atoms with Crippen molar-refractivity contribution in [2.45, 2.75) is 0 Å². The Labute approximate surface area is 157 Å². The second-order valence-corrected chi connectivity index (χ2v) is 6.44. The Bertz CT molecular complexity index is 1040. The van der Waals surface area contributed by atoms with Gasteiger partial charge in [0, 0.05) is 41.4 Å². The molecule has 134 valence electrons. The number of carbonyl (C=O) groups is 1.